The number of para-hydroxylation sites is 1. The summed E-state index contributed by atoms with van der Waals surface area (Å²) in [7, 11) is -3.92. The first kappa shape index (κ1) is 15.3. The number of nitro groups is 1. The van der Waals surface area contributed by atoms with Gasteiger partial charge in [-0.2, -0.15) is 4.31 Å². The van der Waals surface area contributed by atoms with Gasteiger partial charge in [0.2, 0.25) is 10.0 Å². The molecule has 0 aliphatic carbocycles. The van der Waals surface area contributed by atoms with Gasteiger partial charge in [-0.05, 0) is 19.0 Å². The van der Waals surface area contributed by atoms with Gasteiger partial charge in [0.1, 0.15) is 0 Å². The van der Waals surface area contributed by atoms with E-state index in [0.29, 0.717) is 13.2 Å². The SMILES string of the molecule is O=[N+]([O-])c1ccccc1S(=O)(=O)N1CCOC2(CCNC2)C1. The average molecular weight is 327 g/mol. The molecule has 1 atom stereocenters. The number of rotatable bonds is 3. The van der Waals surface area contributed by atoms with E-state index in [1.54, 1.807) is 0 Å². The molecule has 1 spiro atoms. The van der Waals surface area contributed by atoms with Crippen molar-refractivity contribution in [3.05, 3.63) is 34.4 Å². The van der Waals surface area contributed by atoms with Crippen LogP contribution in [0.15, 0.2) is 29.2 Å². The highest BCUT2D eigenvalue weighted by Crippen LogP contribution is 2.31. The summed E-state index contributed by atoms with van der Waals surface area (Å²) in [6.07, 6.45) is 0.732. The number of hydrogen-bond donors (Lipinski definition) is 1. The van der Waals surface area contributed by atoms with Gasteiger partial charge in [0, 0.05) is 25.7 Å². The van der Waals surface area contributed by atoms with Crippen LogP contribution in [0.3, 0.4) is 0 Å². The first-order valence-corrected chi connectivity index (χ1v) is 8.47. The van der Waals surface area contributed by atoms with Gasteiger partial charge in [0.05, 0.1) is 17.1 Å². The fourth-order valence-electron chi connectivity index (χ4n) is 2.96. The maximum Gasteiger partial charge on any atom is 0.289 e. The van der Waals surface area contributed by atoms with Crippen molar-refractivity contribution in [3.8, 4) is 0 Å². The zero-order valence-electron chi connectivity index (χ0n) is 11.9. The Morgan fingerprint density at radius 1 is 1.36 bits per heavy atom. The first-order chi connectivity index (χ1) is 10.4. The number of nitrogens with zero attached hydrogens (tertiary/aromatic N) is 2. The largest absolute Gasteiger partial charge is 0.371 e. The number of ether oxygens (including phenoxy) is 1. The lowest BCUT2D eigenvalue weighted by Crippen LogP contribution is -2.54. The number of nitro benzene ring substituents is 1. The van der Waals surface area contributed by atoms with E-state index >= 15 is 0 Å². The van der Waals surface area contributed by atoms with Gasteiger partial charge in [-0.3, -0.25) is 10.1 Å². The molecule has 1 unspecified atom stereocenters. The van der Waals surface area contributed by atoms with Crippen molar-refractivity contribution in [2.75, 3.05) is 32.8 Å². The molecule has 1 aromatic carbocycles. The van der Waals surface area contributed by atoms with Crippen molar-refractivity contribution in [2.24, 2.45) is 0 Å². The van der Waals surface area contributed by atoms with Crippen molar-refractivity contribution in [3.63, 3.8) is 0 Å². The number of benzene rings is 1. The summed E-state index contributed by atoms with van der Waals surface area (Å²) in [6, 6.07) is 5.44. The lowest BCUT2D eigenvalue weighted by molar-refractivity contribution is -0.387. The highest BCUT2D eigenvalue weighted by atomic mass is 32.2. The van der Waals surface area contributed by atoms with Gasteiger partial charge in [0.15, 0.2) is 4.90 Å². The Labute approximate surface area is 128 Å². The molecule has 1 N–H and O–H groups in total. The second kappa shape index (κ2) is 5.58. The minimum absolute atomic E-state index is 0.204. The first-order valence-electron chi connectivity index (χ1n) is 7.03. The number of morpholine rings is 1. The summed E-state index contributed by atoms with van der Waals surface area (Å²) in [5.74, 6) is 0. The molecule has 2 fully saturated rings. The number of nitrogens with one attached hydrogen (secondary N) is 1. The van der Waals surface area contributed by atoms with Crippen LogP contribution in [0.1, 0.15) is 6.42 Å². The molecule has 9 heteroatoms. The summed E-state index contributed by atoms with van der Waals surface area (Å²) in [4.78, 5) is 10.2. The minimum Gasteiger partial charge on any atom is -0.371 e. The van der Waals surface area contributed by atoms with Crippen molar-refractivity contribution < 1.29 is 18.1 Å². The highest BCUT2D eigenvalue weighted by molar-refractivity contribution is 7.89. The van der Waals surface area contributed by atoms with Gasteiger partial charge in [-0.1, -0.05) is 12.1 Å². The van der Waals surface area contributed by atoms with Crippen LogP contribution in [0.25, 0.3) is 0 Å². The molecule has 0 saturated carbocycles. The van der Waals surface area contributed by atoms with Crippen molar-refractivity contribution in [1.29, 1.82) is 0 Å². The summed E-state index contributed by atoms with van der Waals surface area (Å²) >= 11 is 0. The molecule has 0 radical (unpaired) electrons. The summed E-state index contributed by atoms with van der Waals surface area (Å²) < 4.78 is 32.7. The molecule has 2 saturated heterocycles. The molecule has 0 aromatic heterocycles. The predicted molar refractivity (Wildman–Crippen MR) is 78.0 cm³/mol. The zero-order chi connectivity index (χ0) is 15.8. The van der Waals surface area contributed by atoms with E-state index < -0.39 is 26.2 Å². The molecular weight excluding hydrogens is 310 g/mol. The summed E-state index contributed by atoms with van der Waals surface area (Å²) in [5, 5.41) is 14.3. The van der Waals surface area contributed by atoms with Gasteiger partial charge in [-0.15, -0.1) is 0 Å². The van der Waals surface area contributed by atoms with E-state index in [1.165, 1.54) is 28.6 Å². The lowest BCUT2D eigenvalue weighted by Gasteiger charge is -2.39. The van der Waals surface area contributed by atoms with Crippen LogP contribution < -0.4 is 5.32 Å². The van der Waals surface area contributed by atoms with Crippen molar-refractivity contribution >= 4 is 15.7 Å². The van der Waals surface area contributed by atoms with E-state index in [4.69, 9.17) is 4.74 Å². The number of sulfonamides is 1. The maximum atomic E-state index is 12.8. The third-order valence-electron chi connectivity index (χ3n) is 4.10. The molecule has 1 aromatic rings. The fourth-order valence-corrected chi connectivity index (χ4v) is 4.62. The van der Waals surface area contributed by atoms with E-state index in [9.17, 15) is 18.5 Å². The Kier molecular flexibility index (Phi) is 3.89. The van der Waals surface area contributed by atoms with E-state index in [0.717, 1.165) is 13.0 Å². The van der Waals surface area contributed by atoms with Crippen LogP contribution in [0.2, 0.25) is 0 Å². The minimum atomic E-state index is -3.92. The van der Waals surface area contributed by atoms with E-state index in [1.807, 2.05) is 0 Å². The average Bonchev–Trinajstić information content (AvgIpc) is 2.95. The quantitative estimate of drug-likeness (QED) is 0.635. The van der Waals surface area contributed by atoms with E-state index in [-0.39, 0.29) is 18.0 Å². The molecule has 2 aliphatic heterocycles. The van der Waals surface area contributed by atoms with Crippen molar-refractivity contribution in [2.45, 2.75) is 16.9 Å². The molecule has 8 nitrogen and oxygen atoms in total. The molecular formula is C13H17N3O5S. The van der Waals surface area contributed by atoms with Crippen LogP contribution in [-0.2, 0) is 14.8 Å². The van der Waals surface area contributed by atoms with Gasteiger partial charge in [-0.25, -0.2) is 8.42 Å². The molecule has 2 aliphatic rings. The Morgan fingerprint density at radius 3 is 2.82 bits per heavy atom. The van der Waals surface area contributed by atoms with Crippen LogP contribution in [0, 0.1) is 10.1 Å². The maximum absolute atomic E-state index is 12.8. The van der Waals surface area contributed by atoms with E-state index in [2.05, 4.69) is 5.32 Å². The summed E-state index contributed by atoms with van der Waals surface area (Å²) in [6.45, 7) is 2.08. The van der Waals surface area contributed by atoms with Crippen LogP contribution in [0.5, 0.6) is 0 Å². The molecule has 3 rings (SSSR count). The highest BCUT2D eigenvalue weighted by Gasteiger charge is 2.44. The topological polar surface area (TPSA) is 102 Å². The standard InChI is InChI=1S/C13H17N3O5S/c17-16(18)11-3-1-2-4-12(11)22(19,20)15-7-8-21-13(10-15)5-6-14-9-13/h1-4,14H,5-10H2. The van der Waals surface area contributed by atoms with Crippen LogP contribution in [-0.4, -0.2) is 56.0 Å². The third kappa shape index (κ3) is 2.60. The van der Waals surface area contributed by atoms with Gasteiger partial charge < -0.3 is 10.1 Å². The number of hydrogen-bond acceptors (Lipinski definition) is 6. The summed E-state index contributed by atoms with van der Waals surface area (Å²) in [5.41, 5.74) is -0.915. The molecule has 22 heavy (non-hydrogen) atoms. The third-order valence-corrected chi connectivity index (χ3v) is 5.99. The van der Waals surface area contributed by atoms with Gasteiger partial charge in [0.25, 0.3) is 5.69 Å². The van der Waals surface area contributed by atoms with Gasteiger partial charge >= 0.3 is 0 Å². The molecule has 2 heterocycles. The Balaban J connectivity index is 1.95. The van der Waals surface area contributed by atoms with Crippen LogP contribution >= 0.6 is 0 Å². The fraction of sp³-hybridized carbons (Fsp3) is 0.538. The predicted octanol–water partition coefficient (Wildman–Crippen LogP) is 0.348. The normalized spacial score (nSPS) is 26.4. The second-order valence-electron chi connectivity index (χ2n) is 5.52. The Hall–Kier alpha value is -1.55. The molecule has 120 valence electrons. The second-order valence-corrected chi connectivity index (χ2v) is 7.43. The zero-order valence-corrected chi connectivity index (χ0v) is 12.7. The van der Waals surface area contributed by atoms with Crippen LogP contribution in [0.4, 0.5) is 5.69 Å². The smallest absolute Gasteiger partial charge is 0.289 e. The monoisotopic (exact) mass is 327 g/mol. The molecule has 0 amide bonds. The van der Waals surface area contributed by atoms with Crippen molar-refractivity contribution in [1.82, 2.24) is 9.62 Å². The molecule has 0 bridgehead atoms. The lowest BCUT2D eigenvalue weighted by atomic mass is 10.0. The Morgan fingerprint density at radius 2 is 2.14 bits per heavy atom. The Bertz CT molecular complexity index is 685.